The normalized spacial score (nSPS) is 8.28. The van der Waals surface area contributed by atoms with E-state index in [9.17, 15) is 14.4 Å². The van der Waals surface area contributed by atoms with Gasteiger partial charge in [0.05, 0.1) is 13.2 Å². The maximum absolute atomic E-state index is 12.1. The van der Waals surface area contributed by atoms with Gasteiger partial charge >= 0.3 is 11.9 Å². The SMILES string of the molecule is C=CC#N.C=CC(=O)OC.C=CC(=O)Oc1ccc(C(=O)c2ccccc2)cc1. The Hall–Kier alpha value is -4.24. The van der Waals surface area contributed by atoms with Gasteiger partial charge in [-0.15, -0.1) is 0 Å². The van der Waals surface area contributed by atoms with Crippen LogP contribution in [0.25, 0.3) is 0 Å². The summed E-state index contributed by atoms with van der Waals surface area (Å²) in [6, 6.07) is 17.1. The molecular weight excluding hydrogens is 370 g/mol. The van der Waals surface area contributed by atoms with E-state index in [-0.39, 0.29) is 5.78 Å². The monoisotopic (exact) mass is 391 g/mol. The molecule has 0 radical (unpaired) electrons. The fraction of sp³-hybridized carbons (Fsp3) is 0.0435. The quantitative estimate of drug-likeness (QED) is 0.251. The first-order chi connectivity index (χ1) is 13.9. The van der Waals surface area contributed by atoms with Gasteiger partial charge < -0.3 is 9.47 Å². The lowest BCUT2D eigenvalue weighted by atomic mass is 10.0. The second-order valence-electron chi connectivity index (χ2n) is 4.91. The second-order valence-corrected chi connectivity index (χ2v) is 4.91. The number of hydrogen-bond donors (Lipinski definition) is 0. The molecule has 0 atom stereocenters. The predicted molar refractivity (Wildman–Crippen MR) is 110 cm³/mol. The van der Waals surface area contributed by atoms with Crippen LogP contribution in [-0.2, 0) is 14.3 Å². The Balaban J connectivity index is 0.000000654. The van der Waals surface area contributed by atoms with E-state index in [0.717, 1.165) is 12.2 Å². The van der Waals surface area contributed by atoms with Gasteiger partial charge in [0.15, 0.2) is 5.78 Å². The highest BCUT2D eigenvalue weighted by Gasteiger charge is 2.08. The molecular formula is C23H21NO5. The minimum absolute atomic E-state index is 0.0674. The molecule has 0 unspecified atom stereocenters. The van der Waals surface area contributed by atoms with Crippen LogP contribution in [0.15, 0.2) is 92.6 Å². The van der Waals surface area contributed by atoms with Crippen molar-refractivity contribution in [1.82, 2.24) is 0 Å². The maximum Gasteiger partial charge on any atom is 0.335 e. The number of rotatable bonds is 5. The van der Waals surface area contributed by atoms with Crippen LogP contribution in [0.1, 0.15) is 15.9 Å². The minimum Gasteiger partial charge on any atom is -0.466 e. The van der Waals surface area contributed by atoms with Gasteiger partial charge in [-0.25, -0.2) is 9.59 Å². The van der Waals surface area contributed by atoms with Gasteiger partial charge in [0.1, 0.15) is 5.75 Å². The van der Waals surface area contributed by atoms with Crippen LogP contribution in [0.4, 0.5) is 0 Å². The first-order valence-electron chi connectivity index (χ1n) is 8.18. The number of nitrogens with zero attached hydrogens (tertiary/aromatic N) is 1. The van der Waals surface area contributed by atoms with Crippen molar-refractivity contribution < 1.29 is 23.9 Å². The lowest BCUT2D eigenvalue weighted by molar-refractivity contribution is -0.134. The smallest absolute Gasteiger partial charge is 0.335 e. The molecule has 0 spiro atoms. The molecule has 0 aliphatic carbocycles. The van der Waals surface area contributed by atoms with E-state index in [1.807, 2.05) is 18.2 Å². The summed E-state index contributed by atoms with van der Waals surface area (Å²) in [6.45, 7) is 9.59. The third kappa shape index (κ3) is 10.5. The molecule has 0 saturated heterocycles. The molecule has 0 amide bonds. The molecule has 0 heterocycles. The van der Waals surface area contributed by atoms with Crippen molar-refractivity contribution in [3.05, 3.63) is 104 Å². The average molecular weight is 391 g/mol. The number of allylic oxidation sites excluding steroid dienone is 1. The van der Waals surface area contributed by atoms with Gasteiger partial charge in [0.25, 0.3) is 0 Å². The molecule has 0 fully saturated rings. The number of methoxy groups -OCH3 is 1. The molecule has 0 aliphatic rings. The predicted octanol–water partition coefficient (Wildman–Crippen LogP) is 4.05. The van der Waals surface area contributed by atoms with Gasteiger partial charge in [0, 0.05) is 29.4 Å². The summed E-state index contributed by atoms with van der Waals surface area (Å²) in [7, 11) is 1.31. The zero-order valence-corrected chi connectivity index (χ0v) is 16.0. The second kappa shape index (κ2) is 14.9. The third-order valence-corrected chi connectivity index (χ3v) is 3.00. The van der Waals surface area contributed by atoms with E-state index in [1.165, 1.54) is 13.2 Å². The lowest BCUT2D eigenvalue weighted by Crippen LogP contribution is -2.04. The molecule has 2 aromatic rings. The van der Waals surface area contributed by atoms with Gasteiger partial charge in [-0.3, -0.25) is 4.79 Å². The molecule has 2 aromatic carbocycles. The van der Waals surface area contributed by atoms with Crippen molar-refractivity contribution in [1.29, 1.82) is 5.26 Å². The van der Waals surface area contributed by atoms with Gasteiger partial charge in [-0.1, -0.05) is 50.1 Å². The van der Waals surface area contributed by atoms with Crippen LogP contribution in [-0.4, -0.2) is 24.8 Å². The highest BCUT2D eigenvalue weighted by molar-refractivity contribution is 6.09. The Morgan fingerprint density at radius 1 is 0.862 bits per heavy atom. The number of hydrogen-bond acceptors (Lipinski definition) is 6. The first-order valence-corrected chi connectivity index (χ1v) is 8.18. The van der Waals surface area contributed by atoms with E-state index < -0.39 is 11.9 Å². The largest absolute Gasteiger partial charge is 0.466 e. The van der Waals surface area contributed by atoms with E-state index in [2.05, 4.69) is 24.5 Å². The summed E-state index contributed by atoms with van der Waals surface area (Å²) >= 11 is 0. The summed E-state index contributed by atoms with van der Waals surface area (Å²) in [5, 5.41) is 7.51. The molecule has 0 saturated carbocycles. The number of carbonyl (C=O) groups excluding carboxylic acids is 3. The molecule has 0 bridgehead atoms. The van der Waals surface area contributed by atoms with E-state index in [4.69, 9.17) is 10.00 Å². The summed E-state index contributed by atoms with van der Waals surface area (Å²) < 4.78 is 9.08. The highest BCUT2D eigenvalue weighted by atomic mass is 16.5. The molecule has 6 nitrogen and oxygen atoms in total. The van der Waals surface area contributed by atoms with Crippen molar-refractivity contribution in [3.8, 4) is 11.8 Å². The van der Waals surface area contributed by atoms with Gasteiger partial charge in [-0.05, 0) is 24.3 Å². The third-order valence-electron chi connectivity index (χ3n) is 3.00. The molecule has 6 heteroatoms. The van der Waals surface area contributed by atoms with Crippen LogP contribution in [0.5, 0.6) is 5.75 Å². The van der Waals surface area contributed by atoms with Crippen molar-refractivity contribution in [2.24, 2.45) is 0 Å². The van der Waals surface area contributed by atoms with Crippen LogP contribution in [0, 0.1) is 11.3 Å². The molecule has 0 aromatic heterocycles. The van der Waals surface area contributed by atoms with Crippen molar-refractivity contribution in [2.75, 3.05) is 7.11 Å². The van der Waals surface area contributed by atoms with Crippen LogP contribution in [0.2, 0.25) is 0 Å². The highest BCUT2D eigenvalue weighted by Crippen LogP contribution is 2.15. The van der Waals surface area contributed by atoms with E-state index >= 15 is 0 Å². The van der Waals surface area contributed by atoms with Crippen molar-refractivity contribution in [2.45, 2.75) is 0 Å². The number of carbonyl (C=O) groups is 3. The van der Waals surface area contributed by atoms with E-state index in [0.29, 0.717) is 16.9 Å². The Bertz CT molecular complexity index is 878. The standard InChI is InChI=1S/C16H12O3.C4H6O2.C3H3N/c1-2-15(17)19-14-10-8-13(9-11-14)16(18)12-6-4-3-5-7-12;1-3-4(5)6-2;1-2-3-4/h2-11H,1H2;3H,1H2,2H3;2H,1H2. The number of esters is 2. The maximum atomic E-state index is 12.1. The van der Waals surface area contributed by atoms with Crippen molar-refractivity contribution in [3.63, 3.8) is 0 Å². The topological polar surface area (TPSA) is 93.5 Å². The summed E-state index contributed by atoms with van der Waals surface area (Å²) in [6.07, 6.45) is 3.38. The fourth-order valence-corrected chi connectivity index (χ4v) is 1.67. The van der Waals surface area contributed by atoms with Crippen LogP contribution < -0.4 is 4.74 Å². The minimum atomic E-state index is -0.526. The fourth-order valence-electron chi connectivity index (χ4n) is 1.67. The van der Waals surface area contributed by atoms with Gasteiger partial charge in [-0.2, -0.15) is 5.26 Å². The number of benzene rings is 2. The lowest BCUT2D eigenvalue weighted by Gasteiger charge is -2.03. The Labute approximate surface area is 170 Å². The number of nitriles is 1. The van der Waals surface area contributed by atoms with E-state index in [1.54, 1.807) is 42.5 Å². The summed E-state index contributed by atoms with van der Waals surface area (Å²) in [4.78, 5) is 33.0. The molecule has 29 heavy (non-hydrogen) atoms. The van der Waals surface area contributed by atoms with Crippen LogP contribution >= 0.6 is 0 Å². The Kier molecular flexibility index (Phi) is 12.7. The van der Waals surface area contributed by atoms with Crippen molar-refractivity contribution >= 4 is 17.7 Å². The number of ketones is 1. The zero-order valence-electron chi connectivity index (χ0n) is 16.0. The molecule has 0 aliphatic heterocycles. The van der Waals surface area contributed by atoms with Crippen LogP contribution in [0.3, 0.4) is 0 Å². The molecule has 0 N–H and O–H groups in total. The molecule has 148 valence electrons. The summed E-state index contributed by atoms with van der Waals surface area (Å²) in [5.74, 6) is -0.603. The van der Waals surface area contributed by atoms with Gasteiger partial charge in [0.2, 0.25) is 0 Å². The zero-order chi connectivity index (χ0) is 22.1. The summed E-state index contributed by atoms with van der Waals surface area (Å²) in [5.41, 5.74) is 1.17. The first kappa shape index (κ1) is 24.8. The Morgan fingerprint density at radius 2 is 1.34 bits per heavy atom. The average Bonchev–Trinajstić information content (AvgIpc) is 2.79. The molecule has 2 rings (SSSR count). The number of ether oxygens (including phenoxy) is 2. The Morgan fingerprint density at radius 3 is 1.72 bits per heavy atom.